The number of fused-ring (bicyclic) bond motifs is 1. The summed E-state index contributed by atoms with van der Waals surface area (Å²) in [4.78, 5) is 14.3. The van der Waals surface area contributed by atoms with Crippen LogP contribution in [0, 0.1) is 0 Å². The molecule has 1 aromatic heterocycles. The molecule has 138 valence electrons. The highest BCUT2D eigenvalue weighted by Crippen LogP contribution is 2.36. The second-order valence-corrected chi connectivity index (χ2v) is 7.26. The number of carbonyl (C=O) groups is 1. The quantitative estimate of drug-likeness (QED) is 0.621. The van der Waals surface area contributed by atoms with Crippen LogP contribution >= 0.6 is 11.3 Å². The van der Waals surface area contributed by atoms with Crippen molar-refractivity contribution in [2.75, 3.05) is 20.0 Å². The highest BCUT2D eigenvalue weighted by atomic mass is 32.1. The number of nitrogens with two attached hydrogens (primary N) is 1. The average molecular weight is 373 g/mol. The predicted octanol–water partition coefficient (Wildman–Crippen LogP) is 3.38. The summed E-state index contributed by atoms with van der Waals surface area (Å²) in [7, 11) is 3.19. The summed E-state index contributed by atoms with van der Waals surface area (Å²) in [5.74, 6) is 1.08. The molecular weight excluding hydrogens is 350 g/mol. The second kappa shape index (κ2) is 7.78. The highest BCUT2D eigenvalue weighted by Gasteiger charge is 2.22. The van der Waals surface area contributed by atoms with E-state index < -0.39 is 0 Å². The smallest absolute Gasteiger partial charge is 0.283 e. The van der Waals surface area contributed by atoms with Crippen LogP contribution in [0.5, 0.6) is 11.5 Å². The summed E-state index contributed by atoms with van der Waals surface area (Å²) in [6.45, 7) is 1.81. The number of methoxy groups -OCH3 is 2. The zero-order valence-corrected chi connectivity index (χ0v) is 16.0. The number of aryl methyl sites for hydroxylation is 1. The molecule has 1 aliphatic rings. The second-order valence-electron chi connectivity index (χ2n) is 6.16. The van der Waals surface area contributed by atoms with E-state index in [2.05, 4.69) is 10.5 Å². The predicted molar refractivity (Wildman–Crippen MR) is 105 cm³/mol. The summed E-state index contributed by atoms with van der Waals surface area (Å²) in [6.07, 6.45) is 4.23. The van der Waals surface area contributed by atoms with Crippen LogP contribution in [0.4, 0.5) is 5.69 Å². The fraction of sp³-hybridized carbons (Fsp3) is 0.368. The van der Waals surface area contributed by atoms with Crippen LogP contribution in [0.1, 0.15) is 45.4 Å². The van der Waals surface area contributed by atoms with Crippen molar-refractivity contribution in [3.63, 3.8) is 0 Å². The zero-order valence-electron chi connectivity index (χ0n) is 15.2. The third-order valence-corrected chi connectivity index (χ3v) is 5.85. The average Bonchev–Trinajstić information content (AvgIpc) is 3.02. The Morgan fingerprint density at radius 3 is 2.69 bits per heavy atom. The van der Waals surface area contributed by atoms with Gasteiger partial charge in [0.15, 0.2) is 0 Å². The van der Waals surface area contributed by atoms with Gasteiger partial charge in [-0.15, -0.1) is 11.3 Å². The number of hydrogen-bond acceptors (Lipinski definition) is 6. The summed E-state index contributed by atoms with van der Waals surface area (Å²) in [5, 5.41) is 4.23. The molecule has 1 heterocycles. The topological polar surface area (TPSA) is 85.9 Å². The first kappa shape index (κ1) is 18.3. The molecule has 1 amide bonds. The molecule has 0 fully saturated rings. The first-order valence-corrected chi connectivity index (χ1v) is 9.33. The van der Waals surface area contributed by atoms with Gasteiger partial charge in [-0.3, -0.25) is 4.79 Å². The van der Waals surface area contributed by atoms with Gasteiger partial charge >= 0.3 is 0 Å². The van der Waals surface area contributed by atoms with Crippen LogP contribution in [0.2, 0.25) is 0 Å². The van der Waals surface area contributed by atoms with Crippen LogP contribution in [-0.2, 0) is 12.8 Å². The molecule has 2 aromatic rings. The summed E-state index contributed by atoms with van der Waals surface area (Å²) >= 11 is 1.48. The van der Waals surface area contributed by atoms with E-state index in [-0.39, 0.29) is 5.91 Å². The number of hydrogen-bond donors (Lipinski definition) is 2. The lowest BCUT2D eigenvalue weighted by atomic mass is 9.98. The van der Waals surface area contributed by atoms with Crippen molar-refractivity contribution in [2.45, 2.75) is 32.6 Å². The fourth-order valence-electron chi connectivity index (χ4n) is 3.10. The first-order valence-electron chi connectivity index (χ1n) is 8.52. The number of carbonyl (C=O) groups excluding carboxylic acids is 1. The van der Waals surface area contributed by atoms with Crippen LogP contribution in [0.25, 0.3) is 0 Å². The maximum Gasteiger partial charge on any atom is 0.283 e. The number of ether oxygens (including phenoxy) is 2. The van der Waals surface area contributed by atoms with E-state index in [0.29, 0.717) is 27.8 Å². The largest absolute Gasteiger partial charge is 0.497 e. The molecule has 0 atom stereocenters. The SMILES string of the molecule is COc1ccc(OC)c(C(C)=NNC(=O)c2sc3c(c2N)CCCC3)c1. The van der Waals surface area contributed by atoms with E-state index >= 15 is 0 Å². The van der Waals surface area contributed by atoms with E-state index in [1.54, 1.807) is 27.2 Å². The van der Waals surface area contributed by atoms with Gasteiger partial charge in [-0.1, -0.05) is 0 Å². The van der Waals surface area contributed by atoms with E-state index in [4.69, 9.17) is 15.2 Å². The lowest BCUT2D eigenvalue weighted by Crippen LogP contribution is -2.19. The molecule has 0 radical (unpaired) electrons. The van der Waals surface area contributed by atoms with E-state index in [1.165, 1.54) is 16.2 Å². The van der Waals surface area contributed by atoms with Gasteiger partial charge in [-0.25, -0.2) is 5.43 Å². The minimum Gasteiger partial charge on any atom is -0.497 e. The number of thiophene rings is 1. The molecule has 26 heavy (non-hydrogen) atoms. The molecule has 7 heteroatoms. The molecule has 0 saturated carbocycles. The molecule has 0 saturated heterocycles. The fourth-order valence-corrected chi connectivity index (χ4v) is 4.30. The Morgan fingerprint density at radius 1 is 1.23 bits per heavy atom. The van der Waals surface area contributed by atoms with Crippen LogP contribution < -0.4 is 20.6 Å². The van der Waals surface area contributed by atoms with Crippen molar-refractivity contribution in [1.82, 2.24) is 5.43 Å². The molecule has 0 spiro atoms. The summed E-state index contributed by atoms with van der Waals surface area (Å²) < 4.78 is 10.6. The van der Waals surface area contributed by atoms with Crippen LogP contribution in [0.3, 0.4) is 0 Å². The minimum atomic E-state index is -0.275. The molecule has 0 unspecified atom stereocenters. The molecule has 1 aromatic carbocycles. The Hall–Kier alpha value is -2.54. The summed E-state index contributed by atoms with van der Waals surface area (Å²) in [5.41, 5.74) is 11.9. The van der Waals surface area contributed by atoms with Gasteiger partial charge in [-0.2, -0.15) is 5.10 Å². The molecular formula is C19H23N3O3S. The Balaban J connectivity index is 1.81. The van der Waals surface area contributed by atoms with Crippen molar-refractivity contribution in [2.24, 2.45) is 5.10 Å². The van der Waals surface area contributed by atoms with Crippen LogP contribution in [-0.4, -0.2) is 25.8 Å². The van der Waals surface area contributed by atoms with Crippen molar-refractivity contribution in [1.29, 1.82) is 0 Å². The minimum absolute atomic E-state index is 0.275. The van der Waals surface area contributed by atoms with Gasteiger partial charge in [0.25, 0.3) is 5.91 Å². The third kappa shape index (κ3) is 3.53. The molecule has 0 aliphatic heterocycles. The molecule has 6 nitrogen and oxygen atoms in total. The Labute approximate surface area is 157 Å². The van der Waals surface area contributed by atoms with Gasteiger partial charge < -0.3 is 15.2 Å². The summed E-state index contributed by atoms with van der Waals surface area (Å²) in [6, 6.07) is 5.44. The monoisotopic (exact) mass is 373 g/mol. The number of hydrazone groups is 1. The number of anilines is 1. The molecule has 0 bridgehead atoms. The third-order valence-electron chi connectivity index (χ3n) is 4.54. The molecule has 3 rings (SSSR count). The Morgan fingerprint density at radius 2 is 2.00 bits per heavy atom. The lowest BCUT2D eigenvalue weighted by molar-refractivity contribution is 0.0959. The zero-order chi connectivity index (χ0) is 18.7. The number of amides is 1. The van der Waals surface area contributed by atoms with E-state index in [9.17, 15) is 4.79 Å². The van der Waals surface area contributed by atoms with Gasteiger partial charge in [0.05, 0.1) is 25.6 Å². The van der Waals surface area contributed by atoms with Crippen molar-refractivity contribution >= 4 is 28.6 Å². The van der Waals surface area contributed by atoms with Crippen LogP contribution in [0.15, 0.2) is 23.3 Å². The number of nitrogens with one attached hydrogen (secondary N) is 1. The van der Waals surface area contributed by atoms with E-state index in [1.807, 2.05) is 12.1 Å². The van der Waals surface area contributed by atoms with Gasteiger partial charge in [0, 0.05) is 10.4 Å². The number of benzene rings is 1. The lowest BCUT2D eigenvalue weighted by Gasteiger charge is -2.10. The normalized spacial score (nSPS) is 13.9. The van der Waals surface area contributed by atoms with Gasteiger partial charge in [-0.05, 0) is 56.4 Å². The number of rotatable bonds is 5. The highest BCUT2D eigenvalue weighted by molar-refractivity contribution is 7.14. The number of nitrogen functional groups attached to an aromatic ring is 1. The van der Waals surface area contributed by atoms with Crippen molar-refractivity contribution < 1.29 is 14.3 Å². The molecule has 3 N–H and O–H groups in total. The van der Waals surface area contributed by atoms with Gasteiger partial charge in [0.1, 0.15) is 16.4 Å². The Bertz CT molecular complexity index is 858. The Kier molecular flexibility index (Phi) is 5.46. The number of nitrogens with zero attached hydrogens (tertiary/aromatic N) is 1. The van der Waals surface area contributed by atoms with Crippen molar-refractivity contribution in [3.05, 3.63) is 39.1 Å². The van der Waals surface area contributed by atoms with Gasteiger partial charge in [0.2, 0.25) is 0 Å². The maximum atomic E-state index is 12.6. The van der Waals surface area contributed by atoms with Crippen molar-refractivity contribution in [3.8, 4) is 11.5 Å². The maximum absolute atomic E-state index is 12.6. The standard InChI is InChI=1S/C19H23N3O3S/c1-11(14-10-12(24-2)8-9-15(14)25-3)21-22-19(23)18-17(20)13-6-4-5-7-16(13)26-18/h8-10H,4-7,20H2,1-3H3,(H,22,23). The first-order chi connectivity index (χ1) is 12.5. The molecule has 1 aliphatic carbocycles. The van der Waals surface area contributed by atoms with E-state index in [0.717, 1.165) is 36.8 Å².